The molecule has 0 aliphatic heterocycles. The Morgan fingerprint density at radius 1 is 1.18 bits per heavy atom. The van der Waals surface area contributed by atoms with E-state index in [2.05, 4.69) is 5.32 Å². The number of esters is 1. The van der Waals surface area contributed by atoms with Crippen molar-refractivity contribution in [3.05, 3.63) is 71.0 Å². The lowest BCUT2D eigenvalue weighted by molar-refractivity contribution is -0.111. The fourth-order valence-corrected chi connectivity index (χ4v) is 2.76. The molecule has 3 aromatic rings. The molecule has 1 heterocycles. The van der Waals surface area contributed by atoms with E-state index < -0.39 is 5.97 Å². The zero-order valence-electron chi connectivity index (χ0n) is 15.4. The highest BCUT2D eigenvalue weighted by molar-refractivity contribution is 6.31. The fourth-order valence-electron chi connectivity index (χ4n) is 2.58. The first-order valence-electron chi connectivity index (χ1n) is 9.00. The number of anilines is 1. The van der Waals surface area contributed by atoms with Crippen molar-refractivity contribution in [1.82, 2.24) is 0 Å². The molecule has 1 aromatic heterocycles. The number of hydrogen-bond acceptors (Lipinski definition) is 4. The molecule has 0 unspecified atom stereocenters. The van der Waals surface area contributed by atoms with E-state index in [-0.39, 0.29) is 5.91 Å². The highest BCUT2D eigenvalue weighted by atomic mass is 35.5. The first-order valence-corrected chi connectivity index (χ1v) is 9.38. The monoisotopic (exact) mass is 397 g/mol. The second kappa shape index (κ2) is 9.24. The van der Waals surface area contributed by atoms with Crippen LogP contribution in [0.1, 0.15) is 35.9 Å². The number of nitrogens with one attached hydrogen (secondary N) is 1. The molecule has 2 aromatic carbocycles. The Balaban J connectivity index is 1.63. The first kappa shape index (κ1) is 19.7. The van der Waals surface area contributed by atoms with Gasteiger partial charge in [0.25, 0.3) is 0 Å². The minimum atomic E-state index is -0.402. The predicted octanol–water partition coefficient (Wildman–Crippen LogP) is 5.70. The lowest BCUT2D eigenvalue weighted by Gasteiger charge is -2.06. The van der Waals surface area contributed by atoms with Gasteiger partial charge in [0.1, 0.15) is 11.3 Å². The highest BCUT2D eigenvalue weighted by Gasteiger charge is 2.08. The van der Waals surface area contributed by atoms with Crippen LogP contribution in [0.15, 0.2) is 59.0 Å². The van der Waals surface area contributed by atoms with Crippen LogP contribution < -0.4 is 5.32 Å². The van der Waals surface area contributed by atoms with E-state index in [4.69, 9.17) is 20.8 Å². The number of amides is 1. The third kappa shape index (κ3) is 5.24. The molecule has 0 saturated carbocycles. The molecule has 0 bridgehead atoms. The number of carbonyl (C=O) groups is 2. The smallest absolute Gasteiger partial charge is 0.338 e. The summed E-state index contributed by atoms with van der Waals surface area (Å²) >= 11 is 5.96. The van der Waals surface area contributed by atoms with Crippen LogP contribution in [0.4, 0.5) is 5.69 Å². The summed E-state index contributed by atoms with van der Waals surface area (Å²) in [5.41, 5.74) is 1.60. The van der Waals surface area contributed by atoms with Crippen LogP contribution in [0, 0.1) is 0 Å². The molecule has 0 aliphatic rings. The third-order valence-electron chi connectivity index (χ3n) is 3.99. The Labute approximate surface area is 167 Å². The number of unbranched alkanes of at least 4 members (excludes halogenated alkanes) is 1. The summed E-state index contributed by atoms with van der Waals surface area (Å²) in [4.78, 5) is 24.2. The first-order chi connectivity index (χ1) is 13.5. The highest BCUT2D eigenvalue weighted by Crippen LogP contribution is 2.23. The van der Waals surface area contributed by atoms with Crippen LogP contribution in [0.5, 0.6) is 0 Å². The third-order valence-corrected chi connectivity index (χ3v) is 4.23. The molecule has 0 saturated heterocycles. The van der Waals surface area contributed by atoms with Crippen LogP contribution in [0.25, 0.3) is 17.0 Å². The summed E-state index contributed by atoms with van der Waals surface area (Å²) in [5, 5.41) is 4.20. The number of hydrogen-bond donors (Lipinski definition) is 1. The lowest BCUT2D eigenvalue weighted by atomic mass is 10.2. The Kier molecular flexibility index (Phi) is 6.50. The topological polar surface area (TPSA) is 68.5 Å². The summed E-state index contributed by atoms with van der Waals surface area (Å²) in [5.74, 6) is -0.198. The quantitative estimate of drug-likeness (QED) is 0.315. The molecular weight excluding hydrogens is 378 g/mol. The van der Waals surface area contributed by atoms with Crippen LogP contribution in [0.2, 0.25) is 5.02 Å². The summed E-state index contributed by atoms with van der Waals surface area (Å²) in [6.07, 6.45) is 4.71. The summed E-state index contributed by atoms with van der Waals surface area (Å²) in [6, 6.07) is 13.8. The Hall–Kier alpha value is -3.05. The van der Waals surface area contributed by atoms with Gasteiger partial charge in [0.15, 0.2) is 0 Å². The van der Waals surface area contributed by atoms with Crippen molar-refractivity contribution in [2.24, 2.45) is 0 Å². The molecule has 0 spiro atoms. The molecule has 3 rings (SSSR count). The number of halogens is 1. The van der Waals surface area contributed by atoms with Crippen molar-refractivity contribution in [2.45, 2.75) is 19.8 Å². The molecular formula is C22H20ClNO4. The number of fused-ring (bicyclic) bond motifs is 1. The van der Waals surface area contributed by atoms with Crippen molar-refractivity contribution < 1.29 is 18.7 Å². The van der Waals surface area contributed by atoms with Gasteiger partial charge in [-0.3, -0.25) is 4.79 Å². The second-order valence-electron chi connectivity index (χ2n) is 6.22. The summed E-state index contributed by atoms with van der Waals surface area (Å²) in [6.45, 7) is 2.41. The fraction of sp³-hybridized carbons (Fsp3) is 0.182. The number of ether oxygens (including phenoxy) is 1. The average molecular weight is 398 g/mol. The zero-order chi connectivity index (χ0) is 19.9. The van der Waals surface area contributed by atoms with E-state index in [9.17, 15) is 9.59 Å². The van der Waals surface area contributed by atoms with Crippen molar-refractivity contribution in [2.75, 3.05) is 11.9 Å². The van der Waals surface area contributed by atoms with Crippen molar-refractivity contribution in [3.8, 4) is 0 Å². The largest absolute Gasteiger partial charge is 0.462 e. The van der Waals surface area contributed by atoms with E-state index in [0.29, 0.717) is 34.2 Å². The maximum absolute atomic E-state index is 12.2. The Morgan fingerprint density at radius 3 is 2.86 bits per heavy atom. The van der Waals surface area contributed by atoms with Gasteiger partial charge in [-0.05, 0) is 55.0 Å². The molecule has 6 heteroatoms. The number of carbonyl (C=O) groups excluding carboxylic acids is 2. The van der Waals surface area contributed by atoms with Gasteiger partial charge in [0.05, 0.1) is 12.2 Å². The maximum Gasteiger partial charge on any atom is 0.338 e. The van der Waals surface area contributed by atoms with E-state index >= 15 is 0 Å². The second-order valence-corrected chi connectivity index (χ2v) is 6.66. The lowest BCUT2D eigenvalue weighted by Crippen LogP contribution is -2.10. The molecule has 1 N–H and O–H groups in total. The minimum absolute atomic E-state index is 0.338. The average Bonchev–Trinajstić information content (AvgIpc) is 3.08. The maximum atomic E-state index is 12.2. The van der Waals surface area contributed by atoms with Crippen molar-refractivity contribution in [3.63, 3.8) is 0 Å². The van der Waals surface area contributed by atoms with Crippen LogP contribution >= 0.6 is 11.6 Å². The Morgan fingerprint density at radius 2 is 2.04 bits per heavy atom. The number of furan rings is 1. The van der Waals surface area contributed by atoms with Gasteiger partial charge >= 0.3 is 5.97 Å². The van der Waals surface area contributed by atoms with Gasteiger partial charge in [-0.2, -0.15) is 0 Å². The van der Waals surface area contributed by atoms with E-state index in [1.807, 2.05) is 6.92 Å². The van der Waals surface area contributed by atoms with Gasteiger partial charge in [0, 0.05) is 22.2 Å². The summed E-state index contributed by atoms with van der Waals surface area (Å²) in [7, 11) is 0. The van der Waals surface area contributed by atoms with E-state index in [1.54, 1.807) is 54.6 Å². The number of benzene rings is 2. The molecule has 144 valence electrons. The van der Waals surface area contributed by atoms with Gasteiger partial charge in [-0.15, -0.1) is 0 Å². The molecule has 0 radical (unpaired) electrons. The molecule has 1 amide bonds. The van der Waals surface area contributed by atoms with Crippen molar-refractivity contribution in [1.29, 1.82) is 0 Å². The van der Waals surface area contributed by atoms with Gasteiger partial charge < -0.3 is 14.5 Å². The van der Waals surface area contributed by atoms with Gasteiger partial charge in [-0.25, -0.2) is 4.79 Å². The molecule has 28 heavy (non-hydrogen) atoms. The van der Waals surface area contributed by atoms with E-state index in [1.165, 1.54) is 6.08 Å². The molecule has 0 aliphatic carbocycles. The van der Waals surface area contributed by atoms with Crippen LogP contribution in [-0.4, -0.2) is 18.5 Å². The Bertz CT molecular complexity index is 1020. The molecule has 0 fully saturated rings. The van der Waals surface area contributed by atoms with E-state index in [0.717, 1.165) is 18.2 Å². The SMILES string of the molecule is CCCCOC(=O)c1cccc(NC(=O)/C=C/c2cc3cc(Cl)ccc3o2)c1. The predicted molar refractivity (Wildman–Crippen MR) is 111 cm³/mol. The van der Waals surface area contributed by atoms with Crippen LogP contribution in [0.3, 0.4) is 0 Å². The zero-order valence-corrected chi connectivity index (χ0v) is 16.2. The minimum Gasteiger partial charge on any atom is -0.462 e. The van der Waals surface area contributed by atoms with Crippen LogP contribution in [-0.2, 0) is 9.53 Å². The summed E-state index contributed by atoms with van der Waals surface area (Å²) < 4.78 is 10.8. The number of rotatable bonds is 7. The molecule has 5 nitrogen and oxygen atoms in total. The van der Waals surface area contributed by atoms with Gasteiger partial charge in [-0.1, -0.05) is 31.0 Å². The normalized spacial score (nSPS) is 11.1. The van der Waals surface area contributed by atoms with Gasteiger partial charge in [0.2, 0.25) is 5.91 Å². The standard InChI is InChI=1S/C22H20ClNO4/c1-2-3-11-27-22(26)15-5-4-6-18(13-15)24-21(25)10-8-19-14-16-12-17(23)7-9-20(16)28-19/h4-10,12-14H,2-3,11H2,1H3,(H,24,25)/b10-8+. The van der Waals surface area contributed by atoms with Crippen molar-refractivity contribution >= 4 is 46.2 Å². The molecule has 0 atom stereocenters.